The molecule has 0 radical (unpaired) electrons. The summed E-state index contributed by atoms with van der Waals surface area (Å²) < 4.78 is 4.65. The Balaban J connectivity index is 2.32. The van der Waals surface area contributed by atoms with Crippen LogP contribution in [0.2, 0.25) is 0 Å². The van der Waals surface area contributed by atoms with E-state index in [2.05, 4.69) is 15.0 Å². The number of methoxy groups -OCH3 is 1. The number of carbonyl (C=O) groups excluding carboxylic acids is 1. The Morgan fingerprint density at radius 3 is 2.67 bits per heavy atom. The molecular weight excluding hydrogens is 230 g/mol. The fourth-order valence-corrected chi connectivity index (χ4v) is 1.52. The summed E-state index contributed by atoms with van der Waals surface area (Å²) >= 11 is 0. The van der Waals surface area contributed by atoms with Crippen molar-refractivity contribution in [2.75, 3.05) is 18.2 Å². The van der Waals surface area contributed by atoms with E-state index in [1.165, 1.54) is 19.4 Å². The number of ether oxygens (including phenoxy) is 1. The number of esters is 1. The van der Waals surface area contributed by atoms with Gasteiger partial charge in [0.1, 0.15) is 0 Å². The molecule has 0 aliphatic heterocycles. The van der Waals surface area contributed by atoms with Crippen molar-refractivity contribution in [1.29, 1.82) is 0 Å². The highest BCUT2D eigenvalue weighted by molar-refractivity contribution is 5.97. The first-order valence-corrected chi connectivity index (χ1v) is 5.37. The molecule has 1 aromatic heterocycles. The lowest BCUT2D eigenvalue weighted by molar-refractivity contribution is 0.0602. The van der Waals surface area contributed by atoms with Crippen molar-refractivity contribution < 1.29 is 9.53 Å². The zero-order valence-corrected chi connectivity index (χ0v) is 9.88. The summed E-state index contributed by atoms with van der Waals surface area (Å²) in [6, 6.07) is 11.0. The smallest absolute Gasteiger partial charge is 0.340 e. The lowest BCUT2D eigenvalue weighted by atomic mass is 10.2. The van der Waals surface area contributed by atoms with Crippen molar-refractivity contribution in [3.05, 3.63) is 48.2 Å². The van der Waals surface area contributed by atoms with Gasteiger partial charge in [-0.05, 0) is 18.2 Å². The van der Waals surface area contributed by atoms with Gasteiger partial charge < -0.3 is 15.8 Å². The largest absolute Gasteiger partial charge is 0.465 e. The highest BCUT2D eigenvalue weighted by atomic mass is 16.5. The summed E-state index contributed by atoms with van der Waals surface area (Å²) in [5.74, 6) is -0.0462. The van der Waals surface area contributed by atoms with E-state index in [0.29, 0.717) is 11.4 Å². The number of nitrogens with two attached hydrogens (primary N) is 1. The van der Waals surface area contributed by atoms with Crippen LogP contribution < -0.4 is 11.1 Å². The molecule has 0 spiro atoms. The van der Waals surface area contributed by atoms with E-state index in [4.69, 9.17) is 5.73 Å². The van der Waals surface area contributed by atoms with Crippen LogP contribution in [0.5, 0.6) is 0 Å². The van der Waals surface area contributed by atoms with E-state index in [0.717, 1.165) is 5.69 Å². The maximum atomic E-state index is 11.5. The standard InChI is InChI=1S/C13H13N3O2/c1-18-13(17)10-7-8-15-12(11(10)14)16-9-5-3-2-4-6-9/h2-8H,14H2,1H3,(H,15,16). The number of hydrogen-bond donors (Lipinski definition) is 2. The number of anilines is 3. The van der Waals surface area contributed by atoms with Gasteiger partial charge in [0.25, 0.3) is 0 Å². The molecule has 0 fully saturated rings. The highest BCUT2D eigenvalue weighted by Crippen LogP contribution is 2.24. The molecule has 18 heavy (non-hydrogen) atoms. The number of para-hydroxylation sites is 1. The number of nitrogen functional groups attached to an aromatic ring is 1. The van der Waals surface area contributed by atoms with Crippen molar-refractivity contribution >= 4 is 23.2 Å². The molecule has 0 aliphatic rings. The SMILES string of the molecule is COC(=O)c1ccnc(Nc2ccccc2)c1N. The summed E-state index contributed by atoms with van der Waals surface area (Å²) in [5, 5.41) is 3.05. The molecule has 0 saturated heterocycles. The number of hydrogen-bond acceptors (Lipinski definition) is 5. The number of aromatic nitrogens is 1. The maximum Gasteiger partial charge on any atom is 0.340 e. The van der Waals surface area contributed by atoms with Crippen molar-refractivity contribution in [3.63, 3.8) is 0 Å². The fourth-order valence-electron chi connectivity index (χ4n) is 1.52. The molecule has 92 valence electrons. The zero-order chi connectivity index (χ0) is 13.0. The summed E-state index contributed by atoms with van der Waals surface area (Å²) in [4.78, 5) is 15.6. The van der Waals surface area contributed by atoms with Crippen LogP contribution in [0.3, 0.4) is 0 Å². The average molecular weight is 243 g/mol. The molecular formula is C13H13N3O2. The Labute approximate surface area is 105 Å². The lowest BCUT2D eigenvalue weighted by Gasteiger charge is -2.10. The maximum absolute atomic E-state index is 11.5. The molecule has 0 amide bonds. The average Bonchev–Trinajstić information content (AvgIpc) is 2.41. The number of nitrogens with zero attached hydrogens (tertiary/aromatic N) is 1. The van der Waals surface area contributed by atoms with Crippen LogP contribution in [0.25, 0.3) is 0 Å². The highest BCUT2D eigenvalue weighted by Gasteiger charge is 2.13. The van der Waals surface area contributed by atoms with Gasteiger partial charge in [0.2, 0.25) is 0 Å². The van der Waals surface area contributed by atoms with Gasteiger partial charge in [-0.3, -0.25) is 0 Å². The Morgan fingerprint density at radius 2 is 2.00 bits per heavy atom. The predicted octanol–water partition coefficient (Wildman–Crippen LogP) is 2.19. The third kappa shape index (κ3) is 2.40. The predicted molar refractivity (Wildman–Crippen MR) is 69.7 cm³/mol. The van der Waals surface area contributed by atoms with Crippen LogP contribution in [0, 0.1) is 0 Å². The summed E-state index contributed by atoms with van der Waals surface area (Å²) in [6.45, 7) is 0. The number of rotatable bonds is 3. The first-order valence-electron chi connectivity index (χ1n) is 5.37. The van der Waals surface area contributed by atoms with Crippen molar-refractivity contribution in [2.24, 2.45) is 0 Å². The second-order valence-corrected chi connectivity index (χ2v) is 3.60. The second-order valence-electron chi connectivity index (χ2n) is 3.60. The van der Waals surface area contributed by atoms with Crippen LogP contribution in [0.4, 0.5) is 17.2 Å². The third-order valence-electron chi connectivity index (χ3n) is 2.43. The molecule has 0 saturated carbocycles. The Kier molecular flexibility index (Phi) is 3.43. The number of pyridine rings is 1. The monoisotopic (exact) mass is 243 g/mol. The first-order chi connectivity index (χ1) is 8.72. The molecule has 3 N–H and O–H groups in total. The van der Waals surface area contributed by atoms with Gasteiger partial charge in [0, 0.05) is 11.9 Å². The topological polar surface area (TPSA) is 77.2 Å². The fraction of sp³-hybridized carbons (Fsp3) is 0.0769. The van der Waals surface area contributed by atoms with E-state index in [9.17, 15) is 4.79 Å². The Bertz CT molecular complexity index is 555. The van der Waals surface area contributed by atoms with Gasteiger partial charge in [0.05, 0.1) is 18.4 Å². The van der Waals surface area contributed by atoms with Gasteiger partial charge in [-0.15, -0.1) is 0 Å². The molecule has 1 heterocycles. The number of carbonyl (C=O) groups is 1. The zero-order valence-electron chi connectivity index (χ0n) is 9.88. The van der Waals surface area contributed by atoms with E-state index < -0.39 is 5.97 Å². The molecule has 5 heteroatoms. The van der Waals surface area contributed by atoms with E-state index in [-0.39, 0.29) is 5.69 Å². The molecule has 2 rings (SSSR count). The van der Waals surface area contributed by atoms with Gasteiger partial charge in [-0.2, -0.15) is 0 Å². The summed E-state index contributed by atoms with van der Waals surface area (Å²) in [5.41, 5.74) is 7.30. The van der Waals surface area contributed by atoms with Crippen LogP contribution in [-0.4, -0.2) is 18.1 Å². The number of benzene rings is 1. The van der Waals surface area contributed by atoms with Gasteiger partial charge in [-0.1, -0.05) is 18.2 Å². The third-order valence-corrected chi connectivity index (χ3v) is 2.43. The molecule has 0 atom stereocenters. The second kappa shape index (κ2) is 5.18. The van der Waals surface area contributed by atoms with Gasteiger partial charge >= 0.3 is 5.97 Å². The lowest BCUT2D eigenvalue weighted by Crippen LogP contribution is -2.08. The van der Waals surface area contributed by atoms with Crippen molar-refractivity contribution in [3.8, 4) is 0 Å². The van der Waals surface area contributed by atoms with E-state index in [1.807, 2.05) is 30.3 Å². The van der Waals surface area contributed by atoms with Crippen molar-refractivity contribution in [2.45, 2.75) is 0 Å². The van der Waals surface area contributed by atoms with E-state index >= 15 is 0 Å². The van der Waals surface area contributed by atoms with Crippen LogP contribution in [0.1, 0.15) is 10.4 Å². The quantitative estimate of drug-likeness (QED) is 0.808. The minimum Gasteiger partial charge on any atom is -0.465 e. The Hall–Kier alpha value is -2.56. The summed E-state index contributed by atoms with van der Waals surface area (Å²) in [7, 11) is 1.31. The van der Waals surface area contributed by atoms with Crippen LogP contribution in [0.15, 0.2) is 42.6 Å². The number of nitrogens with one attached hydrogen (secondary N) is 1. The molecule has 1 aromatic carbocycles. The van der Waals surface area contributed by atoms with Crippen LogP contribution in [-0.2, 0) is 4.74 Å². The minimum absolute atomic E-state index is 0.271. The van der Waals surface area contributed by atoms with E-state index in [1.54, 1.807) is 0 Å². The van der Waals surface area contributed by atoms with Gasteiger partial charge in [0.15, 0.2) is 5.82 Å². The minimum atomic E-state index is -0.481. The summed E-state index contributed by atoms with van der Waals surface area (Å²) in [6.07, 6.45) is 1.51. The molecule has 5 nitrogen and oxygen atoms in total. The Morgan fingerprint density at radius 1 is 1.28 bits per heavy atom. The molecule has 0 bridgehead atoms. The van der Waals surface area contributed by atoms with Gasteiger partial charge in [-0.25, -0.2) is 9.78 Å². The molecule has 0 aliphatic carbocycles. The normalized spacial score (nSPS) is 9.83. The molecule has 2 aromatic rings. The first kappa shape index (κ1) is 11.9. The van der Waals surface area contributed by atoms with Crippen LogP contribution >= 0.6 is 0 Å². The van der Waals surface area contributed by atoms with Crippen molar-refractivity contribution in [1.82, 2.24) is 4.98 Å². The molecule has 0 unspecified atom stereocenters.